The predicted octanol–water partition coefficient (Wildman–Crippen LogP) is 2.39. The minimum Gasteiger partial charge on any atom is -0.480 e. The Morgan fingerprint density at radius 1 is 1.58 bits per heavy atom. The second-order valence-corrected chi connectivity index (χ2v) is 6.08. The van der Waals surface area contributed by atoms with Gasteiger partial charge < -0.3 is 10.4 Å². The summed E-state index contributed by atoms with van der Waals surface area (Å²) in [5, 5.41) is 14.5. The van der Waals surface area contributed by atoms with Crippen LogP contribution in [0.25, 0.3) is 0 Å². The quantitative estimate of drug-likeness (QED) is 0.839. The highest BCUT2D eigenvalue weighted by Crippen LogP contribution is 2.41. The number of nitrogens with one attached hydrogen (secondary N) is 1. The van der Waals surface area contributed by atoms with Crippen LogP contribution in [0.4, 0.5) is 0 Å². The molecule has 1 aromatic heterocycles. The zero-order chi connectivity index (χ0) is 14.0. The first-order valence-corrected chi connectivity index (χ1v) is 7.35. The van der Waals surface area contributed by atoms with Gasteiger partial charge in [0.15, 0.2) is 0 Å². The lowest BCUT2D eigenvalue weighted by Gasteiger charge is -2.25. The van der Waals surface area contributed by atoms with Crippen molar-refractivity contribution >= 4 is 23.2 Å². The SMILES string of the molecule is CCC[C@@](C)(NC(=O)c1csc(C2CC2)n1)C(=O)O. The number of carbonyl (C=O) groups excluding carboxylic acids is 1. The Balaban J connectivity index is 2.07. The molecule has 0 spiro atoms. The lowest BCUT2D eigenvalue weighted by atomic mass is 9.96. The van der Waals surface area contributed by atoms with E-state index in [4.69, 9.17) is 0 Å². The van der Waals surface area contributed by atoms with E-state index in [1.54, 1.807) is 5.38 Å². The topological polar surface area (TPSA) is 79.3 Å². The molecule has 0 aliphatic heterocycles. The molecule has 2 N–H and O–H groups in total. The molecule has 0 radical (unpaired) electrons. The lowest BCUT2D eigenvalue weighted by molar-refractivity contribution is -0.144. The van der Waals surface area contributed by atoms with E-state index < -0.39 is 17.4 Å². The van der Waals surface area contributed by atoms with E-state index in [1.807, 2.05) is 6.92 Å². The minimum absolute atomic E-state index is 0.329. The van der Waals surface area contributed by atoms with E-state index in [9.17, 15) is 14.7 Å². The van der Waals surface area contributed by atoms with Crippen molar-refractivity contribution in [2.45, 2.75) is 51.0 Å². The fraction of sp³-hybridized carbons (Fsp3) is 0.615. The van der Waals surface area contributed by atoms with E-state index in [0.717, 1.165) is 17.8 Å². The number of thiazole rings is 1. The van der Waals surface area contributed by atoms with Crippen LogP contribution in [0.2, 0.25) is 0 Å². The van der Waals surface area contributed by atoms with Crippen LogP contribution in [0.5, 0.6) is 0 Å². The number of aromatic nitrogens is 1. The molecule has 0 aromatic carbocycles. The maximum Gasteiger partial charge on any atom is 0.329 e. The van der Waals surface area contributed by atoms with E-state index >= 15 is 0 Å². The highest BCUT2D eigenvalue weighted by molar-refractivity contribution is 7.10. The first kappa shape index (κ1) is 14.0. The van der Waals surface area contributed by atoms with Crippen molar-refractivity contribution in [3.63, 3.8) is 0 Å². The van der Waals surface area contributed by atoms with Crippen molar-refractivity contribution in [2.75, 3.05) is 0 Å². The molecule has 1 heterocycles. The molecule has 1 fully saturated rings. The van der Waals surface area contributed by atoms with Gasteiger partial charge in [0.05, 0.1) is 5.01 Å². The molecule has 1 aliphatic rings. The van der Waals surface area contributed by atoms with Gasteiger partial charge in [-0.05, 0) is 26.2 Å². The van der Waals surface area contributed by atoms with Crippen LogP contribution in [-0.2, 0) is 4.79 Å². The second-order valence-electron chi connectivity index (χ2n) is 5.19. The maximum atomic E-state index is 12.1. The lowest BCUT2D eigenvalue weighted by Crippen LogP contribution is -2.52. The number of carboxylic acids is 1. The molecule has 2 rings (SSSR count). The fourth-order valence-corrected chi connectivity index (χ4v) is 2.92. The summed E-state index contributed by atoms with van der Waals surface area (Å²) in [6.07, 6.45) is 3.36. The summed E-state index contributed by atoms with van der Waals surface area (Å²) in [4.78, 5) is 27.6. The average molecular weight is 282 g/mol. The third kappa shape index (κ3) is 3.12. The summed E-state index contributed by atoms with van der Waals surface area (Å²) < 4.78 is 0. The Bertz CT molecular complexity index is 496. The molecule has 104 valence electrons. The van der Waals surface area contributed by atoms with Gasteiger partial charge in [-0.3, -0.25) is 4.79 Å². The van der Waals surface area contributed by atoms with Crippen molar-refractivity contribution in [1.29, 1.82) is 0 Å². The molecule has 1 amide bonds. The fourth-order valence-electron chi connectivity index (χ4n) is 1.95. The first-order valence-electron chi connectivity index (χ1n) is 6.47. The number of hydrogen-bond donors (Lipinski definition) is 2. The summed E-state index contributed by atoms with van der Waals surface area (Å²) >= 11 is 1.48. The van der Waals surface area contributed by atoms with Gasteiger partial charge in [-0.1, -0.05) is 13.3 Å². The predicted molar refractivity (Wildman–Crippen MR) is 72.5 cm³/mol. The average Bonchev–Trinajstić information content (AvgIpc) is 3.07. The van der Waals surface area contributed by atoms with Crippen molar-refractivity contribution in [3.8, 4) is 0 Å². The molecule has 1 aliphatic carbocycles. The number of aliphatic carboxylic acids is 1. The number of carbonyl (C=O) groups is 2. The van der Waals surface area contributed by atoms with Crippen LogP contribution < -0.4 is 5.32 Å². The Kier molecular flexibility index (Phi) is 3.89. The van der Waals surface area contributed by atoms with Gasteiger partial charge in [-0.2, -0.15) is 0 Å². The van der Waals surface area contributed by atoms with E-state index in [-0.39, 0.29) is 0 Å². The molecule has 0 unspecified atom stereocenters. The number of nitrogens with zero attached hydrogens (tertiary/aromatic N) is 1. The van der Waals surface area contributed by atoms with E-state index in [1.165, 1.54) is 18.3 Å². The van der Waals surface area contributed by atoms with E-state index in [2.05, 4.69) is 10.3 Å². The van der Waals surface area contributed by atoms with E-state index in [0.29, 0.717) is 24.5 Å². The van der Waals surface area contributed by atoms with Crippen LogP contribution in [-0.4, -0.2) is 27.5 Å². The highest BCUT2D eigenvalue weighted by atomic mass is 32.1. The van der Waals surface area contributed by atoms with Gasteiger partial charge in [-0.15, -0.1) is 11.3 Å². The molecule has 1 aromatic rings. The smallest absolute Gasteiger partial charge is 0.329 e. The first-order chi connectivity index (χ1) is 8.96. The normalized spacial score (nSPS) is 17.8. The molecule has 1 atom stereocenters. The maximum absolute atomic E-state index is 12.1. The van der Waals surface area contributed by atoms with Gasteiger partial charge in [0, 0.05) is 11.3 Å². The summed E-state index contributed by atoms with van der Waals surface area (Å²) in [5.74, 6) is -0.908. The van der Waals surface area contributed by atoms with Crippen LogP contribution in [0.1, 0.15) is 60.9 Å². The van der Waals surface area contributed by atoms with Crippen LogP contribution in [0.15, 0.2) is 5.38 Å². The van der Waals surface area contributed by atoms with Gasteiger partial charge in [0.1, 0.15) is 11.2 Å². The van der Waals surface area contributed by atoms with Crippen molar-refractivity contribution in [2.24, 2.45) is 0 Å². The molecule has 0 bridgehead atoms. The van der Waals surface area contributed by atoms with Crippen LogP contribution >= 0.6 is 11.3 Å². The molecule has 6 heteroatoms. The van der Waals surface area contributed by atoms with Gasteiger partial charge in [0.2, 0.25) is 0 Å². The largest absolute Gasteiger partial charge is 0.480 e. The molecule has 0 saturated heterocycles. The number of hydrogen-bond acceptors (Lipinski definition) is 4. The molecular formula is C13H18N2O3S. The zero-order valence-electron chi connectivity index (χ0n) is 11.1. The van der Waals surface area contributed by atoms with Crippen molar-refractivity contribution < 1.29 is 14.7 Å². The Morgan fingerprint density at radius 3 is 2.79 bits per heavy atom. The van der Waals surface area contributed by atoms with Crippen molar-refractivity contribution in [1.82, 2.24) is 10.3 Å². The number of rotatable bonds is 6. The Labute approximate surface area is 116 Å². The monoisotopic (exact) mass is 282 g/mol. The Morgan fingerprint density at radius 2 is 2.26 bits per heavy atom. The standard InChI is InChI=1S/C13H18N2O3S/c1-3-6-13(2,12(17)18)15-10(16)9-7-19-11(14-9)8-4-5-8/h7-8H,3-6H2,1-2H3,(H,15,16)(H,17,18)/t13-/m1/s1. The third-order valence-electron chi connectivity index (χ3n) is 3.29. The zero-order valence-corrected chi connectivity index (χ0v) is 11.9. The van der Waals surface area contributed by atoms with Crippen LogP contribution in [0, 0.1) is 0 Å². The number of carboxylic acid groups (broad SMARTS) is 1. The summed E-state index contributed by atoms with van der Waals surface area (Å²) in [6.45, 7) is 3.42. The molecular weight excluding hydrogens is 264 g/mol. The van der Waals surface area contributed by atoms with Gasteiger partial charge >= 0.3 is 5.97 Å². The van der Waals surface area contributed by atoms with Gasteiger partial charge in [0.25, 0.3) is 5.91 Å². The minimum atomic E-state index is -1.23. The summed E-state index contributed by atoms with van der Waals surface area (Å²) in [5.41, 5.74) is -0.898. The molecule has 1 saturated carbocycles. The molecule has 19 heavy (non-hydrogen) atoms. The molecule has 5 nitrogen and oxygen atoms in total. The third-order valence-corrected chi connectivity index (χ3v) is 4.30. The van der Waals surface area contributed by atoms with Crippen LogP contribution in [0.3, 0.4) is 0 Å². The highest BCUT2D eigenvalue weighted by Gasteiger charge is 2.35. The van der Waals surface area contributed by atoms with Gasteiger partial charge in [-0.25, -0.2) is 9.78 Å². The Hall–Kier alpha value is -1.43. The van der Waals surface area contributed by atoms with Crippen molar-refractivity contribution in [3.05, 3.63) is 16.1 Å². The number of amides is 1. The second kappa shape index (κ2) is 5.28. The summed E-state index contributed by atoms with van der Waals surface area (Å²) in [7, 11) is 0. The summed E-state index contributed by atoms with van der Waals surface area (Å²) in [6, 6.07) is 0.